The Kier molecular flexibility index (Phi) is 6.96. The van der Waals surface area contributed by atoms with E-state index in [1.165, 1.54) is 50.8 Å². The highest BCUT2D eigenvalue weighted by Gasteiger charge is 2.14. The van der Waals surface area contributed by atoms with Crippen molar-refractivity contribution in [2.45, 2.75) is 38.6 Å². The van der Waals surface area contributed by atoms with E-state index >= 15 is 0 Å². The molecular formula is C22H28N4S. The molecule has 2 aromatic rings. The van der Waals surface area contributed by atoms with Gasteiger partial charge < -0.3 is 5.73 Å². The first-order valence-electron chi connectivity index (χ1n) is 9.60. The molecule has 2 aromatic heterocycles. The Morgan fingerprint density at radius 2 is 1.81 bits per heavy atom. The van der Waals surface area contributed by atoms with Crippen LogP contribution in [-0.2, 0) is 6.54 Å². The molecule has 0 aliphatic carbocycles. The lowest BCUT2D eigenvalue weighted by molar-refractivity contribution is 0.239. The summed E-state index contributed by atoms with van der Waals surface area (Å²) in [5.41, 5.74) is 9.81. The number of nitrogens with two attached hydrogens (primary N) is 1. The molecule has 5 heteroatoms. The number of thiazole rings is 1. The number of pyridine rings is 1. The van der Waals surface area contributed by atoms with Crippen LogP contribution < -0.4 is 5.73 Å². The van der Waals surface area contributed by atoms with Crippen LogP contribution in [0.25, 0.3) is 15.9 Å². The van der Waals surface area contributed by atoms with E-state index in [0.717, 1.165) is 27.5 Å². The van der Waals surface area contributed by atoms with Gasteiger partial charge in [-0.15, -0.1) is 0 Å². The summed E-state index contributed by atoms with van der Waals surface area (Å²) in [7, 11) is 0. The van der Waals surface area contributed by atoms with Crippen molar-refractivity contribution in [3.05, 3.63) is 66.0 Å². The highest BCUT2D eigenvalue weighted by Crippen LogP contribution is 2.29. The number of fused-ring (bicyclic) bond motifs is 1. The molecule has 142 valence electrons. The van der Waals surface area contributed by atoms with Crippen molar-refractivity contribution >= 4 is 27.3 Å². The average Bonchev–Trinajstić information content (AvgIpc) is 3.04. The molecule has 1 aliphatic rings. The molecule has 3 heterocycles. The number of aromatic nitrogens is 2. The fourth-order valence-electron chi connectivity index (χ4n) is 3.42. The van der Waals surface area contributed by atoms with Crippen LogP contribution in [0.15, 0.2) is 55.4 Å². The lowest BCUT2D eigenvalue weighted by Gasteiger charge is -2.24. The summed E-state index contributed by atoms with van der Waals surface area (Å²) >= 11 is 1.55. The number of rotatable bonds is 6. The van der Waals surface area contributed by atoms with Crippen molar-refractivity contribution in [2.75, 3.05) is 13.1 Å². The summed E-state index contributed by atoms with van der Waals surface area (Å²) in [6.45, 7) is 10.8. The molecule has 0 amide bonds. The van der Waals surface area contributed by atoms with E-state index in [4.69, 9.17) is 10.7 Å². The fourth-order valence-corrected chi connectivity index (χ4v) is 4.36. The van der Waals surface area contributed by atoms with Crippen molar-refractivity contribution in [3.63, 3.8) is 0 Å². The van der Waals surface area contributed by atoms with Crippen LogP contribution in [0.2, 0.25) is 0 Å². The van der Waals surface area contributed by atoms with E-state index in [2.05, 4.69) is 29.1 Å². The van der Waals surface area contributed by atoms with Gasteiger partial charge in [0.15, 0.2) is 0 Å². The van der Waals surface area contributed by atoms with Crippen LogP contribution in [0, 0.1) is 0 Å². The Hall–Kier alpha value is -2.24. The molecule has 27 heavy (non-hydrogen) atoms. The predicted molar refractivity (Wildman–Crippen MR) is 116 cm³/mol. The molecule has 0 atom stereocenters. The van der Waals surface area contributed by atoms with E-state index in [-0.39, 0.29) is 0 Å². The zero-order chi connectivity index (χ0) is 19.1. The molecule has 3 rings (SSSR count). The average molecular weight is 381 g/mol. The van der Waals surface area contributed by atoms with Crippen LogP contribution in [-0.4, -0.2) is 28.0 Å². The molecule has 0 bridgehead atoms. The van der Waals surface area contributed by atoms with Gasteiger partial charge in [-0.1, -0.05) is 62.0 Å². The SMILES string of the molecule is C=C/C=C(N)\C(=C/C=C)c1nc2cc(CN3CCCCCCC3)cnc2s1. The van der Waals surface area contributed by atoms with Crippen LogP contribution in [0.5, 0.6) is 0 Å². The van der Waals surface area contributed by atoms with Crippen LogP contribution in [0.1, 0.15) is 42.7 Å². The summed E-state index contributed by atoms with van der Waals surface area (Å²) in [4.78, 5) is 12.9. The smallest absolute Gasteiger partial charge is 0.143 e. The van der Waals surface area contributed by atoms with E-state index in [9.17, 15) is 0 Å². The molecule has 1 saturated heterocycles. The van der Waals surface area contributed by atoms with Gasteiger partial charge in [0, 0.05) is 24.0 Å². The number of allylic oxidation sites excluding steroid dienone is 5. The number of nitrogens with zero attached hydrogens (tertiary/aromatic N) is 3. The first-order valence-corrected chi connectivity index (χ1v) is 10.4. The zero-order valence-electron chi connectivity index (χ0n) is 15.9. The second-order valence-corrected chi connectivity index (χ2v) is 7.88. The largest absolute Gasteiger partial charge is 0.398 e. The second-order valence-electron chi connectivity index (χ2n) is 6.90. The molecule has 1 fully saturated rings. The van der Waals surface area contributed by atoms with E-state index < -0.39 is 0 Å². The molecular weight excluding hydrogens is 352 g/mol. The molecule has 1 aliphatic heterocycles. The van der Waals surface area contributed by atoms with Crippen molar-refractivity contribution in [2.24, 2.45) is 5.73 Å². The minimum absolute atomic E-state index is 0.629. The quantitative estimate of drug-likeness (QED) is 0.712. The highest BCUT2D eigenvalue weighted by atomic mass is 32.1. The molecule has 0 aromatic carbocycles. The van der Waals surface area contributed by atoms with Crippen molar-refractivity contribution < 1.29 is 0 Å². The van der Waals surface area contributed by atoms with Crippen LogP contribution in [0.3, 0.4) is 0 Å². The van der Waals surface area contributed by atoms with E-state index in [1.54, 1.807) is 29.6 Å². The molecule has 0 saturated carbocycles. The van der Waals surface area contributed by atoms with Gasteiger partial charge in [-0.3, -0.25) is 4.90 Å². The summed E-state index contributed by atoms with van der Waals surface area (Å²) in [5.74, 6) is 0. The van der Waals surface area contributed by atoms with Crippen LogP contribution >= 0.6 is 11.3 Å². The Morgan fingerprint density at radius 3 is 2.52 bits per heavy atom. The lowest BCUT2D eigenvalue weighted by atomic mass is 10.1. The Balaban J connectivity index is 1.83. The molecule has 0 unspecified atom stereocenters. The molecule has 4 nitrogen and oxygen atoms in total. The Morgan fingerprint density at radius 1 is 1.11 bits per heavy atom. The van der Waals surface area contributed by atoms with Gasteiger partial charge >= 0.3 is 0 Å². The fraction of sp³-hybridized carbons (Fsp3) is 0.364. The first kappa shape index (κ1) is 19.5. The van der Waals surface area contributed by atoms with E-state index in [1.807, 2.05) is 12.3 Å². The first-order chi connectivity index (χ1) is 13.2. The third-order valence-electron chi connectivity index (χ3n) is 4.78. The van der Waals surface area contributed by atoms with Gasteiger partial charge in [-0.2, -0.15) is 0 Å². The van der Waals surface area contributed by atoms with Crippen LogP contribution in [0.4, 0.5) is 0 Å². The van der Waals surface area contributed by atoms with Crippen molar-refractivity contribution in [1.82, 2.24) is 14.9 Å². The topological polar surface area (TPSA) is 55.0 Å². The highest BCUT2D eigenvalue weighted by molar-refractivity contribution is 7.19. The molecule has 0 spiro atoms. The Bertz CT molecular complexity index is 854. The Labute approximate surface area is 165 Å². The third-order valence-corrected chi connectivity index (χ3v) is 5.79. The normalized spacial score (nSPS) is 17.5. The van der Waals surface area contributed by atoms with Gasteiger partial charge in [0.1, 0.15) is 15.4 Å². The maximum Gasteiger partial charge on any atom is 0.143 e. The maximum atomic E-state index is 6.16. The van der Waals surface area contributed by atoms with Gasteiger partial charge in [-0.05, 0) is 43.6 Å². The van der Waals surface area contributed by atoms with E-state index in [0.29, 0.717) is 5.70 Å². The van der Waals surface area contributed by atoms with Crippen molar-refractivity contribution in [1.29, 1.82) is 0 Å². The summed E-state index contributed by atoms with van der Waals surface area (Å²) in [5, 5.41) is 0.858. The summed E-state index contributed by atoms with van der Waals surface area (Å²) in [6.07, 6.45) is 15.7. The predicted octanol–water partition coefficient (Wildman–Crippen LogP) is 5.06. The summed E-state index contributed by atoms with van der Waals surface area (Å²) in [6, 6.07) is 2.17. The van der Waals surface area contributed by atoms with Gasteiger partial charge in [0.05, 0.1) is 0 Å². The van der Waals surface area contributed by atoms with Gasteiger partial charge in [0.25, 0.3) is 0 Å². The van der Waals surface area contributed by atoms with Crippen molar-refractivity contribution in [3.8, 4) is 0 Å². The third kappa shape index (κ3) is 5.15. The number of likely N-dealkylation sites (tertiary alicyclic amines) is 1. The number of hydrogen-bond donors (Lipinski definition) is 1. The lowest BCUT2D eigenvalue weighted by Crippen LogP contribution is -2.26. The van der Waals surface area contributed by atoms with Gasteiger partial charge in [0.2, 0.25) is 0 Å². The monoisotopic (exact) mass is 380 g/mol. The standard InChI is InChI=1S/C22H28N4S/c1-3-10-18(19(23)11-4-2)21-25-20-14-17(15-24-22(20)27-21)16-26-12-8-6-5-7-9-13-26/h3-4,10-11,14-15H,1-2,5-9,12-13,16,23H2/b18-10+,19-11+. The minimum Gasteiger partial charge on any atom is -0.398 e. The second kappa shape index (κ2) is 9.62. The zero-order valence-corrected chi connectivity index (χ0v) is 16.7. The molecule has 0 radical (unpaired) electrons. The summed E-state index contributed by atoms with van der Waals surface area (Å²) < 4.78 is 0. The maximum absolute atomic E-state index is 6.16. The van der Waals surface area contributed by atoms with Gasteiger partial charge in [-0.25, -0.2) is 9.97 Å². The molecule has 2 N–H and O–H groups in total. The minimum atomic E-state index is 0.629. The number of hydrogen-bond acceptors (Lipinski definition) is 5.